The summed E-state index contributed by atoms with van der Waals surface area (Å²) in [7, 11) is 0. The average molecular weight is 241 g/mol. The summed E-state index contributed by atoms with van der Waals surface area (Å²) in [4.78, 5) is 0. The summed E-state index contributed by atoms with van der Waals surface area (Å²) in [5.74, 6) is 0.507. The van der Waals surface area contributed by atoms with E-state index in [4.69, 9.17) is 11.5 Å². The highest BCUT2D eigenvalue weighted by atomic mass is 15.1. The predicted molar refractivity (Wildman–Crippen MR) is 71.1 cm³/mol. The van der Waals surface area contributed by atoms with Gasteiger partial charge in [-0.3, -0.25) is 5.10 Å². The molecule has 1 aromatic carbocycles. The Morgan fingerprint density at radius 1 is 1.28 bits per heavy atom. The quantitative estimate of drug-likeness (QED) is 0.600. The highest BCUT2D eigenvalue weighted by Gasteiger charge is 2.31. The van der Waals surface area contributed by atoms with Crippen molar-refractivity contribution in [1.82, 2.24) is 15.5 Å². The second kappa shape index (κ2) is 3.53. The Balaban J connectivity index is 2.18. The molecule has 92 valence electrons. The molecule has 1 aliphatic heterocycles. The van der Waals surface area contributed by atoms with Gasteiger partial charge in [-0.25, -0.2) is 0 Å². The molecular formula is C13H15N5. The first kappa shape index (κ1) is 10.7. The smallest absolute Gasteiger partial charge is 0.121 e. The molecule has 0 radical (unpaired) electrons. The Morgan fingerprint density at radius 3 is 2.94 bits per heavy atom. The molecule has 5 nitrogen and oxygen atoms in total. The number of H-pyrrole nitrogens is 1. The molecule has 5 heteroatoms. The molecule has 0 aliphatic carbocycles. The fourth-order valence-corrected chi connectivity index (χ4v) is 2.26. The van der Waals surface area contributed by atoms with E-state index in [9.17, 15) is 0 Å². The number of nitrogens with zero attached hydrogens (tertiary/aromatic N) is 1. The van der Waals surface area contributed by atoms with E-state index in [1.54, 1.807) is 6.20 Å². The molecule has 1 aliphatic rings. The molecule has 2 heterocycles. The van der Waals surface area contributed by atoms with Crippen LogP contribution in [-0.2, 0) is 5.41 Å². The van der Waals surface area contributed by atoms with Crippen LogP contribution in [0.1, 0.15) is 12.5 Å². The molecule has 0 saturated heterocycles. The van der Waals surface area contributed by atoms with Crippen molar-refractivity contribution in [2.45, 2.75) is 12.3 Å². The standard InChI is InChI=1S/C13H15N5/c1-13(4-5-16-12(15)11(13)14)9-2-3-10-8(6-9)7-17-18-10/h2-7,16H,14-15H2,1H3,(H,17,18). The van der Waals surface area contributed by atoms with Gasteiger partial charge in [0, 0.05) is 5.39 Å². The fraction of sp³-hybridized carbons (Fsp3) is 0.154. The van der Waals surface area contributed by atoms with E-state index < -0.39 is 0 Å². The number of dihydropyridines is 1. The predicted octanol–water partition coefficient (Wildman–Crippen LogP) is 1.02. The van der Waals surface area contributed by atoms with E-state index in [0.717, 1.165) is 16.5 Å². The number of hydrogen-bond donors (Lipinski definition) is 4. The van der Waals surface area contributed by atoms with Gasteiger partial charge >= 0.3 is 0 Å². The van der Waals surface area contributed by atoms with Gasteiger partial charge in [-0.05, 0) is 30.8 Å². The number of aromatic nitrogens is 2. The van der Waals surface area contributed by atoms with Gasteiger partial charge in [0.1, 0.15) is 5.82 Å². The van der Waals surface area contributed by atoms with Crippen LogP contribution in [0.3, 0.4) is 0 Å². The van der Waals surface area contributed by atoms with Gasteiger partial charge in [0.05, 0.1) is 22.8 Å². The van der Waals surface area contributed by atoms with Crippen LogP contribution in [0.5, 0.6) is 0 Å². The van der Waals surface area contributed by atoms with Crippen molar-refractivity contribution in [2.75, 3.05) is 0 Å². The second-order valence-electron chi connectivity index (χ2n) is 4.68. The largest absolute Gasteiger partial charge is 0.398 e. The second-order valence-corrected chi connectivity index (χ2v) is 4.68. The van der Waals surface area contributed by atoms with Gasteiger partial charge in [0.2, 0.25) is 0 Å². The fourth-order valence-electron chi connectivity index (χ4n) is 2.26. The number of allylic oxidation sites excluding steroid dienone is 1. The summed E-state index contributed by atoms with van der Waals surface area (Å²) in [6.07, 6.45) is 5.64. The third-order valence-corrected chi connectivity index (χ3v) is 3.55. The van der Waals surface area contributed by atoms with Crippen molar-refractivity contribution in [3.05, 3.63) is 53.8 Å². The molecule has 0 spiro atoms. The van der Waals surface area contributed by atoms with E-state index in [1.165, 1.54) is 0 Å². The Labute approximate surface area is 105 Å². The first-order valence-corrected chi connectivity index (χ1v) is 5.75. The summed E-state index contributed by atoms with van der Waals surface area (Å²) in [6.45, 7) is 2.05. The third kappa shape index (κ3) is 1.37. The van der Waals surface area contributed by atoms with E-state index in [2.05, 4.69) is 21.6 Å². The lowest BCUT2D eigenvalue weighted by Crippen LogP contribution is -2.37. The van der Waals surface area contributed by atoms with Crippen LogP contribution >= 0.6 is 0 Å². The van der Waals surface area contributed by atoms with Crippen LogP contribution < -0.4 is 16.8 Å². The minimum atomic E-state index is -0.388. The summed E-state index contributed by atoms with van der Waals surface area (Å²) < 4.78 is 0. The average Bonchev–Trinajstić information content (AvgIpc) is 2.83. The van der Waals surface area contributed by atoms with Gasteiger partial charge < -0.3 is 16.8 Å². The van der Waals surface area contributed by atoms with Crippen LogP contribution in [0.4, 0.5) is 0 Å². The van der Waals surface area contributed by atoms with E-state index in [0.29, 0.717) is 11.5 Å². The topological polar surface area (TPSA) is 92.8 Å². The first-order valence-electron chi connectivity index (χ1n) is 5.75. The molecule has 0 amide bonds. The Hall–Kier alpha value is -2.43. The van der Waals surface area contributed by atoms with Gasteiger partial charge in [-0.2, -0.15) is 5.10 Å². The molecule has 0 fully saturated rings. The van der Waals surface area contributed by atoms with Gasteiger partial charge in [0.25, 0.3) is 0 Å². The minimum absolute atomic E-state index is 0.388. The van der Waals surface area contributed by atoms with E-state index in [-0.39, 0.29) is 5.41 Å². The number of nitrogens with one attached hydrogen (secondary N) is 2. The molecule has 3 rings (SSSR count). The van der Waals surface area contributed by atoms with Crippen LogP contribution in [0, 0.1) is 0 Å². The first-order chi connectivity index (χ1) is 8.61. The molecule has 1 aromatic heterocycles. The molecule has 18 heavy (non-hydrogen) atoms. The summed E-state index contributed by atoms with van der Waals surface area (Å²) in [5, 5.41) is 10.9. The zero-order chi connectivity index (χ0) is 12.8. The lowest BCUT2D eigenvalue weighted by atomic mass is 9.78. The maximum Gasteiger partial charge on any atom is 0.121 e. The van der Waals surface area contributed by atoms with E-state index in [1.807, 2.05) is 31.3 Å². The van der Waals surface area contributed by atoms with Crippen LogP contribution in [0.15, 0.2) is 48.2 Å². The van der Waals surface area contributed by atoms with Gasteiger partial charge in [-0.15, -0.1) is 0 Å². The molecule has 0 bridgehead atoms. The molecule has 1 unspecified atom stereocenters. The SMILES string of the molecule is CC1(c2ccc3[nH]ncc3c2)C=CNC(N)=C1N. The van der Waals surface area contributed by atoms with Gasteiger partial charge in [0.15, 0.2) is 0 Å². The Kier molecular flexibility index (Phi) is 2.10. The molecule has 1 atom stereocenters. The summed E-state index contributed by atoms with van der Waals surface area (Å²) in [6, 6.07) is 6.12. The number of rotatable bonds is 1. The number of aromatic amines is 1. The van der Waals surface area contributed by atoms with Crippen molar-refractivity contribution in [1.29, 1.82) is 0 Å². The summed E-state index contributed by atoms with van der Waals surface area (Å²) in [5.41, 5.74) is 14.3. The minimum Gasteiger partial charge on any atom is -0.398 e. The van der Waals surface area contributed by atoms with Crippen LogP contribution in [-0.4, -0.2) is 10.2 Å². The van der Waals surface area contributed by atoms with Crippen LogP contribution in [0.2, 0.25) is 0 Å². The lowest BCUT2D eigenvalue weighted by molar-refractivity contribution is 0.649. The third-order valence-electron chi connectivity index (χ3n) is 3.55. The van der Waals surface area contributed by atoms with Crippen molar-refractivity contribution >= 4 is 10.9 Å². The van der Waals surface area contributed by atoms with Crippen LogP contribution in [0.25, 0.3) is 10.9 Å². The van der Waals surface area contributed by atoms with Crippen molar-refractivity contribution in [3.63, 3.8) is 0 Å². The number of benzene rings is 1. The molecule has 2 aromatic rings. The van der Waals surface area contributed by atoms with Gasteiger partial charge in [-0.1, -0.05) is 12.1 Å². The van der Waals surface area contributed by atoms with Crippen molar-refractivity contribution in [3.8, 4) is 0 Å². The zero-order valence-corrected chi connectivity index (χ0v) is 10.1. The maximum atomic E-state index is 6.13. The Bertz CT molecular complexity index is 667. The Morgan fingerprint density at radius 2 is 2.11 bits per heavy atom. The van der Waals surface area contributed by atoms with Crippen molar-refractivity contribution in [2.24, 2.45) is 11.5 Å². The van der Waals surface area contributed by atoms with Crippen molar-refractivity contribution < 1.29 is 0 Å². The number of fused-ring (bicyclic) bond motifs is 1. The lowest BCUT2D eigenvalue weighted by Gasteiger charge is -2.31. The molecular weight excluding hydrogens is 226 g/mol. The highest BCUT2D eigenvalue weighted by molar-refractivity contribution is 5.79. The monoisotopic (exact) mass is 241 g/mol. The normalized spacial score (nSPS) is 23.4. The number of hydrogen-bond acceptors (Lipinski definition) is 4. The molecule has 0 saturated carbocycles. The summed E-state index contributed by atoms with van der Waals surface area (Å²) >= 11 is 0. The number of nitrogens with two attached hydrogens (primary N) is 2. The van der Waals surface area contributed by atoms with E-state index >= 15 is 0 Å². The molecule has 6 N–H and O–H groups in total. The highest BCUT2D eigenvalue weighted by Crippen LogP contribution is 2.34. The maximum absolute atomic E-state index is 6.13. The zero-order valence-electron chi connectivity index (χ0n) is 10.1.